The summed E-state index contributed by atoms with van der Waals surface area (Å²) in [6.45, 7) is 2.45. The van der Waals surface area contributed by atoms with Crippen LogP contribution in [0.4, 0.5) is 0 Å². The Bertz CT molecular complexity index is 151. The molecule has 2 fully saturated rings. The van der Waals surface area contributed by atoms with Crippen LogP contribution in [0.15, 0.2) is 0 Å². The molecule has 2 aliphatic rings. The topological polar surface area (TPSA) is 26.0 Å². The van der Waals surface area contributed by atoms with Crippen LogP contribution in [0, 0.1) is 11.3 Å². The van der Waals surface area contributed by atoms with Gasteiger partial charge in [0.15, 0.2) is 0 Å². The maximum Gasteiger partial charge on any atom is 0.00443 e. The first kappa shape index (κ1) is 7.60. The van der Waals surface area contributed by atoms with Gasteiger partial charge in [-0.1, -0.05) is 13.3 Å². The van der Waals surface area contributed by atoms with Gasteiger partial charge in [0, 0.05) is 6.04 Å². The van der Waals surface area contributed by atoms with Crippen LogP contribution in [0.5, 0.6) is 0 Å². The molecule has 2 atom stereocenters. The molecular weight excluding hydrogens is 134 g/mol. The number of hydrogen-bond donors (Lipinski definition) is 1. The van der Waals surface area contributed by atoms with Gasteiger partial charge in [-0.15, -0.1) is 0 Å². The van der Waals surface area contributed by atoms with Gasteiger partial charge in [0.2, 0.25) is 0 Å². The van der Waals surface area contributed by atoms with Gasteiger partial charge in [-0.05, 0) is 43.4 Å². The average molecular weight is 153 g/mol. The van der Waals surface area contributed by atoms with Crippen LogP contribution in [0.3, 0.4) is 0 Å². The summed E-state index contributed by atoms with van der Waals surface area (Å²) in [4.78, 5) is 0. The highest BCUT2D eigenvalue weighted by atomic mass is 14.7. The first-order chi connectivity index (χ1) is 5.21. The van der Waals surface area contributed by atoms with Crippen molar-refractivity contribution in [2.45, 2.75) is 51.5 Å². The summed E-state index contributed by atoms with van der Waals surface area (Å²) in [5.74, 6) is 1.02. The molecule has 0 aromatic heterocycles. The van der Waals surface area contributed by atoms with Crippen LogP contribution in [0.1, 0.15) is 45.4 Å². The molecule has 1 heteroatoms. The molecule has 11 heavy (non-hydrogen) atoms. The summed E-state index contributed by atoms with van der Waals surface area (Å²) in [7, 11) is 0. The molecule has 0 spiro atoms. The molecule has 0 radical (unpaired) electrons. The highest BCUT2D eigenvalue weighted by Crippen LogP contribution is 2.51. The highest BCUT2D eigenvalue weighted by Gasteiger charge is 2.42. The maximum atomic E-state index is 5.93. The lowest BCUT2D eigenvalue weighted by atomic mass is 9.65. The third-order valence-electron chi connectivity index (χ3n) is 3.91. The Morgan fingerprint density at radius 1 is 1.27 bits per heavy atom. The molecule has 0 amide bonds. The zero-order valence-electron chi connectivity index (χ0n) is 7.47. The van der Waals surface area contributed by atoms with Crippen molar-refractivity contribution in [3.8, 4) is 0 Å². The predicted molar refractivity (Wildman–Crippen MR) is 47.3 cm³/mol. The summed E-state index contributed by atoms with van der Waals surface area (Å²) in [5.41, 5.74) is 6.56. The van der Waals surface area contributed by atoms with Gasteiger partial charge in [0.25, 0.3) is 0 Å². The van der Waals surface area contributed by atoms with Gasteiger partial charge in [0.1, 0.15) is 0 Å². The van der Waals surface area contributed by atoms with Gasteiger partial charge in [-0.3, -0.25) is 0 Å². The van der Waals surface area contributed by atoms with Crippen molar-refractivity contribution < 1.29 is 0 Å². The summed E-state index contributed by atoms with van der Waals surface area (Å²) in [5, 5.41) is 0. The fourth-order valence-corrected chi connectivity index (χ4v) is 2.79. The van der Waals surface area contributed by atoms with Crippen LogP contribution in [0.25, 0.3) is 0 Å². The maximum absolute atomic E-state index is 5.93. The third kappa shape index (κ3) is 1.20. The summed E-state index contributed by atoms with van der Waals surface area (Å²) in [6.07, 6.45) is 8.37. The van der Waals surface area contributed by atoms with E-state index in [0.717, 1.165) is 5.92 Å². The Morgan fingerprint density at radius 3 is 2.36 bits per heavy atom. The number of nitrogens with two attached hydrogens (primary N) is 1. The van der Waals surface area contributed by atoms with Crippen molar-refractivity contribution in [1.82, 2.24) is 0 Å². The predicted octanol–water partition coefficient (Wildman–Crippen LogP) is 2.30. The first-order valence-corrected chi connectivity index (χ1v) is 4.96. The third-order valence-corrected chi connectivity index (χ3v) is 3.91. The molecule has 64 valence electrons. The molecule has 0 aromatic carbocycles. The molecule has 0 saturated heterocycles. The zero-order chi connectivity index (χ0) is 7.90. The zero-order valence-corrected chi connectivity index (χ0v) is 7.47. The molecule has 1 nitrogen and oxygen atoms in total. The monoisotopic (exact) mass is 153 g/mol. The highest BCUT2D eigenvalue weighted by molar-refractivity contribution is 4.95. The van der Waals surface area contributed by atoms with E-state index in [1.54, 1.807) is 0 Å². The van der Waals surface area contributed by atoms with E-state index in [1.165, 1.54) is 38.5 Å². The Labute approximate surface area is 69.4 Å². The molecule has 2 N–H and O–H groups in total. The lowest BCUT2D eigenvalue weighted by molar-refractivity contribution is 0.107. The molecule has 2 unspecified atom stereocenters. The molecule has 2 rings (SSSR count). The molecule has 2 saturated carbocycles. The second-order valence-electron chi connectivity index (χ2n) is 4.78. The van der Waals surface area contributed by atoms with E-state index in [1.807, 2.05) is 0 Å². The first-order valence-electron chi connectivity index (χ1n) is 4.96. The van der Waals surface area contributed by atoms with Crippen LogP contribution in [0.2, 0.25) is 0 Å². The van der Waals surface area contributed by atoms with E-state index in [9.17, 15) is 0 Å². The summed E-state index contributed by atoms with van der Waals surface area (Å²) >= 11 is 0. The average Bonchev–Trinajstić information content (AvgIpc) is 2.06. The van der Waals surface area contributed by atoms with Crippen LogP contribution >= 0.6 is 0 Å². The fraction of sp³-hybridized carbons (Fsp3) is 1.00. The standard InChI is InChI=1S/C10H19N/c1-10(8-3-2-4-8)6-5-9(11)7-10/h8-9H,2-7,11H2,1H3. The SMILES string of the molecule is CC1(C2CCC2)CCC(N)C1. The molecular formula is C10H19N. The van der Waals surface area contributed by atoms with E-state index in [0.29, 0.717) is 11.5 Å². The minimum Gasteiger partial charge on any atom is -0.328 e. The van der Waals surface area contributed by atoms with Crippen molar-refractivity contribution in [2.75, 3.05) is 0 Å². The largest absolute Gasteiger partial charge is 0.328 e. The molecule has 0 aromatic rings. The minimum atomic E-state index is 0.514. The molecule has 2 aliphatic carbocycles. The van der Waals surface area contributed by atoms with E-state index in [-0.39, 0.29) is 0 Å². The van der Waals surface area contributed by atoms with Crippen LogP contribution in [-0.4, -0.2) is 6.04 Å². The Morgan fingerprint density at radius 2 is 2.00 bits per heavy atom. The van der Waals surface area contributed by atoms with Crippen molar-refractivity contribution >= 4 is 0 Å². The normalized spacial score (nSPS) is 45.8. The second-order valence-corrected chi connectivity index (χ2v) is 4.78. The molecule has 0 heterocycles. The minimum absolute atomic E-state index is 0.514. The van der Waals surface area contributed by atoms with E-state index >= 15 is 0 Å². The van der Waals surface area contributed by atoms with Crippen LogP contribution < -0.4 is 5.73 Å². The molecule has 0 aliphatic heterocycles. The van der Waals surface area contributed by atoms with Crippen molar-refractivity contribution in [1.29, 1.82) is 0 Å². The Balaban J connectivity index is 1.98. The van der Waals surface area contributed by atoms with E-state index < -0.39 is 0 Å². The van der Waals surface area contributed by atoms with Crippen LogP contribution in [-0.2, 0) is 0 Å². The van der Waals surface area contributed by atoms with E-state index in [2.05, 4.69) is 6.92 Å². The second kappa shape index (κ2) is 2.48. The number of rotatable bonds is 1. The van der Waals surface area contributed by atoms with Crippen molar-refractivity contribution in [3.63, 3.8) is 0 Å². The summed E-state index contributed by atoms with van der Waals surface area (Å²) < 4.78 is 0. The van der Waals surface area contributed by atoms with Gasteiger partial charge in [-0.25, -0.2) is 0 Å². The van der Waals surface area contributed by atoms with Gasteiger partial charge in [-0.2, -0.15) is 0 Å². The quantitative estimate of drug-likeness (QED) is 0.614. The van der Waals surface area contributed by atoms with Crippen molar-refractivity contribution in [2.24, 2.45) is 17.1 Å². The molecule has 0 bridgehead atoms. The smallest absolute Gasteiger partial charge is 0.00443 e. The number of hydrogen-bond acceptors (Lipinski definition) is 1. The Hall–Kier alpha value is -0.0400. The van der Waals surface area contributed by atoms with E-state index in [4.69, 9.17) is 5.73 Å². The summed E-state index contributed by atoms with van der Waals surface area (Å²) in [6, 6.07) is 0.514. The fourth-order valence-electron chi connectivity index (χ4n) is 2.79. The van der Waals surface area contributed by atoms with Gasteiger partial charge >= 0.3 is 0 Å². The van der Waals surface area contributed by atoms with Gasteiger partial charge < -0.3 is 5.73 Å². The van der Waals surface area contributed by atoms with Gasteiger partial charge in [0.05, 0.1) is 0 Å². The Kier molecular flexibility index (Phi) is 1.71. The van der Waals surface area contributed by atoms with Crippen molar-refractivity contribution in [3.05, 3.63) is 0 Å². The lowest BCUT2D eigenvalue weighted by Crippen LogP contribution is -2.31. The lowest BCUT2D eigenvalue weighted by Gasteiger charge is -2.40.